The van der Waals surface area contributed by atoms with Crippen LogP contribution in [0.15, 0.2) is 60.7 Å². The molecule has 2 heterocycles. The van der Waals surface area contributed by atoms with E-state index in [-0.39, 0.29) is 54.9 Å². The third-order valence-corrected chi connectivity index (χ3v) is 13.5. The first-order valence-electron chi connectivity index (χ1n) is 25.6. The zero-order valence-corrected chi connectivity index (χ0v) is 43.6. The van der Waals surface area contributed by atoms with E-state index in [0.29, 0.717) is 38.5 Å². The molecule has 5 rings (SSSR count). The molecule has 2 saturated heterocycles. The highest BCUT2D eigenvalue weighted by Gasteiger charge is 2.51. The van der Waals surface area contributed by atoms with Gasteiger partial charge < -0.3 is 45.7 Å². The summed E-state index contributed by atoms with van der Waals surface area (Å²) in [5, 5.41) is 14.3. The van der Waals surface area contributed by atoms with Crippen molar-refractivity contribution in [2.75, 3.05) is 33.3 Å². The number of carbonyl (C=O) groups excluding carboxylic acids is 7. The van der Waals surface area contributed by atoms with E-state index in [1.165, 1.54) is 7.11 Å². The van der Waals surface area contributed by atoms with Crippen LogP contribution in [-0.4, -0.2) is 132 Å². The second kappa shape index (κ2) is 25.6. The van der Waals surface area contributed by atoms with Gasteiger partial charge in [0.1, 0.15) is 41.4 Å². The van der Waals surface area contributed by atoms with Crippen molar-refractivity contribution in [3.8, 4) is 0 Å². The van der Waals surface area contributed by atoms with E-state index in [1.807, 2.05) is 79.4 Å². The summed E-state index contributed by atoms with van der Waals surface area (Å²) in [4.78, 5) is 99.8. The fourth-order valence-electron chi connectivity index (χ4n) is 9.94. The molecular weight excluding hydrogens is 907 g/mol. The van der Waals surface area contributed by atoms with Gasteiger partial charge in [-0.25, -0.2) is 9.59 Å². The topological polar surface area (TPSA) is 214 Å². The number of benzene rings is 2. The van der Waals surface area contributed by atoms with Crippen molar-refractivity contribution in [2.45, 2.75) is 180 Å². The summed E-state index contributed by atoms with van der Waals surface area (Å²) in [5.41, 5.74) is 0.135. The number of amides is 6. The first-order valence-corrected chi connectivity index (χ1v) is 25.6. The van der Waals surface area contributed by atoms with E-state index >= 15 is 0 Å². The molecule has 2 aliphatic heterocycles. The van der Waals surface area contributed by atoms with Crippen LogP contribution in [0.1, 0.15) is 131 Å². The first-order chi connectivity index (χ1) is 33.5. The van der Waals surface area contributed by atoms with Gasteiger partial charge in [0.25, 0.3) is 0 Å². The number of rotatable bonds is 21. The standard InChI is InChI=1S/C54H81N7O10/c1-36(2)31-41(57-46(63)42(32-37-19-12-10-13-20-37)58-47(64)43(33-38-21-14-11-15-22-38)59-51(68)71-53(6,7)8)45(62)56-40(23-16-17-27-55-50(67)70-52(3,4)5)48(65)60-29-25-54(26-30-60)34-39(35-54)61-28-18-24-44(61)49(66)69-9/h10-15,19-22,36,39-44H,16-18,23-35H2,1-9H3,(H,55,67)(H,56,62)(H,57,63)(H,58,64)(H,59,68)/t40-,41?,42-,43-,44-/m1/s1. The maximum absolute atomic E-state index is 14.5. The molecule has 0 bridgehead atoms. The minimum atomic E-state index is -1.16. The second-order valence-electron chi connectivity index (χ2n) is 22.1. The van der Waals surface area contributed by atoms with E-state index < -0.39 is 65.3 Å². The highest BCUT2D eigenvalue weighted by atomic mass is 16.6. The SMILES string of the molecule is COC(=O)[C@H]1CCCN1C1CC2(CCN(C(=O)[C@@H](CCCCNC(=O)OC(C)(C)C)NC(=O)C(CC(C)C)NC(=O)[C@@H](Cc3ccccc3)NC(=O)[C@@H](Cc3ccccc3)NC(=O)OC(C)(C)C)CC2)C1. The van der Waals surface area contributed by atoms with E-state index in [9.17, 15) is 33.6 Å². The van der Waals surface area contributed by atoms with Gasteiger partial charge in [0.05, 0.1) is 7.11 Å². The van der Waals surface area contributed by atoms with Crippen LogP contribution < -0.4 is 26.6 Å². The predicted molar refractivity (Wildman–Crippen MR) is 270 cm³/mol. The number of methoxy groups -OCH3 is 1. The summed E-state index contributed by atoms with van der Waals surface area (Å²) in [6.07, 6.45) is 5.74. The van der Waals surface area contributed by atoms with Gasteiger partial charge in [-0.3, -0.25) is 28.9 Å². The van der Waals surface area contributed by atoms with Crippen LogP contribution in [-0.2, 0) is 51.0 Å². The lowest BCUT2D eigenvalue weighted by molar-refractivity contribution is -0.150. The van der Waals surface area contributed by atoms with E-state index in [4.69, 9.17) is 14.2 Å². The van der Waals surface area contributed by atoms with Crippen LogP contribution in [0.4, 0.5) is 9.59 Å². The van der Waals surface area contributed by atoms with Crippen LogP contribution in [0.25, 0.3) is 0 Å². The molecule has 1 unspecified atom stereocenters. The Kier molecular flexibility index (Phi) is 20.3. The largest absolute Gasteiger partial charge is 0.468 e. The quantitative estimate of drug-likeness (QED) is 0.0559. The lowest BCUT2D eigenvalue weighted by Crippen LogP contribution is -2.60. The average molecular weight is 988 g/mol. The maximum atomic E-state index is 14.5. The minimum Gasteiger partial charge on any atom is -0.468 e. The second-order valence-corrected chi connectivity index (χ2v) is 22.1. The number of piperidine rings is 1. The van der Waals surface area contributed by atoms with Crippen molar-refractivity contribution in [1.29, 1.82) is 0 Å². The van der Waals surface area contributed by atoms with Crippen molar-refractivity contribution in [1.82, 2.24) is 36.4 Å². The highest BCUT2D eigenvalue weighted by molar-refractivity contribution is 5.95. The number of unbranched alkanes of at least 4 members (excludes halogenated alkanes) is 1. The Balaban J connectivity index is 1.30. The van der Waals surface area contributed by atoms with Gasteiger partial charge in [0, 0.05) is 38.5 Å². The van der Waals surface area contributed by atoms with Gasteiger partial charge in [-0.1, -0.05) is 74.5 Å². The summed E-state index contributed by atoms with van der Waals surface area (Å²) in [5.74, 6) is -2.19. The first kappa shape index (κ1) is 56.2. The molecule has 17 heteroatoms. The van der Waals surface area contributed by atoms with Gasteiger partial charge in [-0.15, -0.1) is 0 Å². The van der Waals surface area contributed by atoms with Gasteiger partial charge in [0.15, 0.2) is 0 Å². The fraction of sp³-hybridized carbons (Fsp3) is 0.648. The summed E-state index contributed by atoms with van der Waals surface area (Å²) < 4.78 is 16.0. The Labute approximate surface area is 421 Å². The molecule has 0 radical (unpaired) electrons. The van der Waals surface area contributed by atoms with Gasteiger partial charge in [-0.05, 0) is 135 Å². The normalized spacial score (nSPS) is 18.8. The van der Waals surface area contributed by atoms with Crippen molar-refractivity contribution >= 4 is 41.8 Å². The Morgan fingerprint density at radius 1 is 0.662 bits per heavy atom. The molecule has 1 spiro atoms. The molecule has 3 fully saturated rings. The molecule has 6 amide bonds. The van der Waals surface area contributed by atoms with Crippen molar-refractivity contribution < 1.29 is 47.8 Å². The smallest absolute Gasteiger partial charge is 0.408 e. The van der Waals surface area contributed by atoms with E-state index in [1.54, 1.807) is 41.5 Å². The van der Waals surface area contributed by atoms with Gasteiger partial charge >= 0.3 is 18.2 Å². The maximum Gasteiger partial charge on any atom is 0.408 e. The van der Waals surface area contributed by atoms with Crippen LogP contribution in [0.2, 0.25) is 0 Å². The van der Waals surface area contributed by atoms with Crippen LogP contribution in [0.3, 0.4) is 0 Å². The summed E-state index contributed by atoms with van der Waals surface area (Å²) in [6.45, 7) is 16.6. The van der Waals surface area contributed by atoms with Crippen molar-refractivity contribution in [2.24, 2.45) is 11.3 Å². The molecule has 1 aliphatic carbocycles. The molecule has 2 aromatic carbocycles. The Bertz CT molecular complexity index is 2090. The zero-order chi connectivity index (χ0) is 51.9. The van der Waals surface area contributed by atoms with Crippen molar-refractivity contribution in [3.63, 3.8) is 0 Å². The number of esters is 1. The molecule has 0 aromatic heterocycles. The molecular formula is C54H81N7O10. The Morgan fingerprint density at radius 2 is 1.17 bits per heavy atom. The van der Waals surface area contributed by atoms with Gasteiger partial charge in [0.2, 0.25) is 23.6 Å². The summed E-state index contributed by atoms with van der Waals surface area (Å²) in [6, 6.07) is 14.2. The summed E-state index contributed by atoms with van der Waals surface area (Å²) >= 11 is 0. The van der Waals surface area contributed by atoms with E-state index in [2.05, 4.69) is 31.5 Å². The summed E-state index contributed by atoms with van der Waals surface area (Å²) in [7, 11) is 1.44. The lowest BCUT2D eigenvalue weighted by Gasteiger charge is -2.55. The molecule has 5 atom stereocenters. The number of hydrogen-bond acceptors (Lipinski definition) is 11. The monoisotopic (exact) mass is 988 g/mol. The number of nitrogens with zero attached hydrogens (tertiary/aromatic N) is 2. The molecule has 71 heavy (non-hydrogen) atoms. The number of carbonyl (C=O) groups is 7. The number of nitrogens with one attached hydrogen (secondary N) is 5. The van der Waals surface area contributed by atoms with Crippen LogP contribution in [0.5, 0.6) is 0 Å². The number of alkyl carbamates (subject to hydrolysis) is 2. The molecule has 2 aromatic rings. The molecule has 3 aliphatic rings. The minimum absolute atomic E-state index is 0.0531. The number of likely N-dealkylation sites (tertiary alicyclic amines) is 2. The predicted octanol–water partition coefficient (Wildman–Crippen LogP) is 5.97. The fourth-order valence-corrected chi connectivity index (χ4v) is 9.94. The van der Waals surface area contributed by atoms with Crippen LogP contribution >= 0.6 is 0 Å². The van der Waals surface area contributed by atoms with Crippen molar-refractivity contribution in [3.05, 3.63) is 71.8 Å². The number of hydrogen-bond donors (Lipinski definition) is 5. The van der Waals surface area contributed by atoms with Gasteiger partial charge in [-0.2, -0.15) is 0 Å². The number of ether oxygens (including phenoxy) is 3. The third-order valence-electron chi connectivity index (χ3n) is 13.5. The third kappa shape index (κ3) is 17.8. The lowest BCUT2D eigenvalue weighted by atomic mass is 9.60. The molecule has 17 nitrogen and oxygen atoms in total. The van der Waals surface area contributed by atoms with Crippen LogP contribution in [0, 0.1) is 11.3 Å². The average Bonchev–Trinajstić information content (AvgIpc) is 3.78. The highest BCUT2D eigenvalue weighted by Crippen LogP contribution is 2.52. The Morgan fingerprint density at radius 3 is 1.70 bits per heavy atom. The zero-order valence-electron chi connectivity index (χ0n) is 43.6. The molecule has 392 valence electrons. The molecule has 5 N–H and O–H groups in total. The molecule has 1 saturated carbocycles. The Hall–Kier alpha value is -5.71. The van der Waals surface area contributed by atoms with E-state index in [0.717, 1.165) is 56.2 Å².